The van der Waals surface area contributed by atoms with E-state index in [4.69, 9.17) is 10.5 Å². The first kappa shape index (κ1) is 15.5. The summed E-state index contributed by atoms with van der Waals surface area (Å²) in [6.45, 7) is 6.52. The average Bonchev–Trinajstić information content (AvgIpc) is 2.46. The standard InChI is InChI=1S/C18H22FNO/c1-18(2,3)14-8-5-12(6-9-14)17(20)13-7-10-15(19)16(11-13)21-4/h5-11,17H,20H2,1-4H3. The van der Waals surface area contributed by atoms with Crippen LogP contribution in [0.25, 0.3) is 0 Å². The van der Waals surface area contributed by atoms with Crippen LogP contribution in [0.3, 0.4) is 0 Å². The van der Waals surface area contributed by atoms with E-state index in [1.54, 1.807) is 12.1 Å². The molecule has 21 heavy (non-hydrogen) atoms. The highest BCUT2D eigenvalue weighted by molar-refractivity contribution is 5.38. The van der Waals surface area contributed by atoms with Crippen LogP contribution in [-0.2, 0) is 5.41 Å². The van der Waals surface area contributed by atoms with Crippen molar-refractivity contribution in [2.75, 3.05) is 7.11 Å². The van der Waals surface area contributed by atoms with Gasteiger partial charge in [0.1, 0.15) is 0 Å². The highest BCUT2D eigenvalue weighted by Gasteiger charge is 2.15. The molecule has 0 bridgehead atoms. The number of ether oxygens (including phenoxy) is 1. The summed E-state index contributed by atoms with van der Waals surface area (Å²) in [5.41, 5.74) is 9.47. The molecule has 0 spiro atoms. The Morgan fingerprint density at radius 3 is 2.10 bits per heavy atom. The second kappa shape index (κ2) is 5.86. The van der Waals surface area contributed by atoms with Crippen LogP contribution < -0.4 is 10.5 Å². The second-order valence-corrected chi connectivity index (χ2v) is 6.24. The van der Waals surface area contributed by atoms with Crippen molar-refractivity contribution >= 4 is 0 Å². The van der Waals surface area contributed by atoms with E-state index in [0.29, 0.717) is 0 Å². The van der Waals surface area contributed by atoms with E-state index in [1.165, 1.54) is 18.7 Å². The fraction of sp³-hybridized carbons (Fsp3) is 0.333. The minimum atomic E-state index is -0.378. The van der Waals surface area contributed by atoms with E-state index in [9.17, 15) is 4.39 Å². The van der Waals surface area contributed by atoms with Gasteiger partial charge in [0.25, 0.3) is 0 Å². The number of nitrogens with two attached hydrogens (primary N) is 1. The van der Waals surface area contributed by atoms with Gasteiger partial charge < -0.3 is 10.5 Å². The maximum Gasteiger partial charge on any atom is 0.165 e. The molecule has 1 unspecified atom stereocenters. The molecule has 1 atom stereocenters. The van der Waals surface area contributed by atoms with E-state index in [-0.39, 0.29) is 23.0 Å². The molecule has 0 aromatic heterocycles. The van der Waals surface area contributed by atoms with Crippen LogP contribution in [0, 0.1) is 5.82 Å². The zero-order valence-corrected chi connectivity index (χ0v) is 13.0. The van der Waals surface area contributed by atoms with E-state index < -0.39 is 0 Å². The van der Waals surface area contributed by atoms with Gasteiger partial charge >= 0.3 is 0 Å². The lowest BCUT2D eigenvalue weighted by Crippen LogP contribution is -2.14. The van der Waals surface area contributed by atoms with Crippen LogP contribution in [0.4, 0.5) is 4.39 Å². The van der Waals surface area contributed by atoms with Crippen LogP contribution in [0.15, 0.2) is 42.5 Å². The number of benzene rings is 2. The first-order chi connectivity index (χ1) is 9.82. The number of halogens is 1. The summed E-state index contributed by atoms with van der Waals surface area (Å²) in [4.78, 5) is 0. The Hall–Kier alpha value is -1.87. The fourth-order valence-electron chi connectivity index (χ4n) is 2.25. The minimum absolute atomic E-state index is 0.113. The van der Waals surface area contributed by atoms with E-state index in [0.717, 1.165) is 11.1 Å². The van der Waals surface area contributed by atoms with Gasteiger partial charge in [0.15, 0.2) is 11.6 Å². The number of methoxy groups -OCH3 is 1. The van der Waals surface area contributed by atoms with Crippen molar-refractivity contribution < 1.29 is 9.13 Å². The number of hydrogen-bond donors (Lipinski definition) is 1. The molecular formula is C18H22FNO. The molecule has 0 radical (unpaired) electrons. The summed E-state index contributed by atoms with van der Waals surface area (Å²) in [7, 11) is 1.45. The van der Waals surface area contributed by atoms with E-state index >= 15 is 0 Å². The maximum absolute atomic E-state index is 13.5. The molecule has 2 aromatic rings. The van der Waals surface area contributed by atoms with Crippen molar-refractivity contribution in [1.82, 2.24) is 0 Å². The largest absolute Gasteiger partial charge is 0.494 e. The summed E-state index contributed by atoms with van der Waals surface area (Å²) in [6, 6.07) is 12.7. The quantitative estimate of drug-likeness (QED) is 0.919. The summed E-state index contributed by atoms with van der Waals surface area (Å²) >= 11 is 0. The van der Waals surface area contributed by atoms with Crippen LogP contribution in [0.2, 0.25) is 0 Å². The molecule has 0 aliphatic rings. The van der Waals surface area contributed by atoms with Crippen molar-refractivity contribution in [1.29, 1.82) is 0 Å². The highest BCUT2D eigenvalue weighted by Crippen LogP contribution is 2.28. The Labute approximate surface area is 125 Å². The molecule has 0 aliphatic carbocycles. The Balaban J connectivity index is 2.29. The summed E-state index contributed by atoms with van der Waals surface area (Å²) in [5, 5.41) is 0. The topological polar surface area (TPSA) is 35.2 Å². The summed E-state index contributed by atoms with van der Waals surface area (Å²) in [6.07, 6.45) is 0. The van der Waals surface area contributed by atoms with Crippen LogP contribution in [0.5, 0.6) is 5.75 Å². The molecule has 0 aliphatic heterocycles. The van der Waals surface area contributed by atoms with Gasteiger partial charge in [0.05, 0.1) is 13.2 Å². The van der Waals surface area contributed by atoms with Crippen molar-refractivity contribution in [2.45, 2.75) is 32.2 Å². The SMILES string of the molecule is COc1cc(C(N)c2ccc(C(C)(C)C)cc2)ccc1F. The molecule has 0 heterocycles. The Bertz CT molecular complexity index is 614. The molecule has 0 saturated carbocycles. The minimum Gasteiger partial charge on any atom is -0.494 e. The van der Waals surface area contributed by atoms with Crippen LogP contribution >= 0.6 is 0 Å². The molecule has 3 heteroatoms. The van der Waals surface area contributed by atoms with Crippen molar-refractivity contribution in [3.63, 3.8) is 0 Å². The predicted molar refractivity (Wildman–Crippen MR) is 84.1 cm³/mol. The third kappa shape index (κ3) is 3.42. The average molecular weight is 287 g/mol. The van der Waals surface area contributed by atoms with E-state index in [2.05, 4.69) is 32.9 Å². The number of hydrogen-bond acceptors (Lipinski definition) is 2. The molecule has 0 saturated heterocycles. The first-order valence-corrected chi connectivity index (χ1v) is 7.02. The summed E-state index contributed by atoms with van der Waals surface area (Å²) in [5.74, 6) is -0.161. The van der Waals surface area contributed by atoms with Crippen molar-refractivity contribution in [3.8, 4) is 5.75 Å². The molecule has 0 amide bonds. The predicted octanol–water partition coefficient (Wildman–Crippen LogP) is 4.18. The van der Waals surface area contributed by atoms with Gasteiger partial charge in [-0.25, -0.2) is 4.39 Å². The highest BCUT2D eigenvalue weighted by atomic mass is 19.1. The van der Waals surface area contributed by atoms with Gasteiger partial charge in [-0.1, -0.05) is 51.1 Å². The summed E-state index contributed by atoms with van der Waals surface area (Å²) < 4.78 is 18.5. The monoisotopic (exact) mass is 287 g/mol. The van der Waals surface area contributed by atoms with Gasteiger partial charge in [-0.3, -0.25) is 0 Å². The molecule has 0 fully saturated rings. The lowest BCUT2D eigenvalue weighted by molar-refractivity contribution is 0.385. The van der Waals surface area contributed by atoms with Gasteiger partial charge in [-0.2, -0.15) is 0 Å². The molecule has 2 rings (SSSR count). The molecule has 2 aromatic carbocycles. The Morgan fingerprint density at radius 2 is 1.57 bits per heavy atom. The lowest BCUT2D eigenvalue weighted by Gasteiger charge is -2.20. The maximum atomic E-state index is 13.5. The van der Waals surface area contributed by atoms with Gasteiger partial charge in [0.2, 0.25) is 0 Å². The van der Waals surface area contributed by atoms with Gasteiger partial charge in [-0.05, 0) is 34.2 Å². The van der Waals surface area contributed by atoms with Crippen molar-refractivity contribution in [2.24, 2.45) is 5.73 Å². The third-order valence-electron chi connectivity index (χ3n) is 3.67. The first-order valence-electron chi connectivity index (χ1n) is 7.02. The smallest absolute Gasteiger partial charge is 0.165 e. The Morgan fingerprint density at radius 1 is 1.00 bits per heavy atom. The van der Waals surface area contributed by atoms with E-state index in [1.807, 2.05) is 12.1 Å². The molecule has 112 valence electrons. The van der Waals surface area contributed by atoms with Crippen molar-refractivity contribution in [3.05, 3.63) is 65.0 Å². The van der Waals surface area contributed by atoms with Gasteiger partial charge in [0, 0.05) is 0 Å². The molecular weight excluding hydrogens is 265 g/mol. The third-order valence-corrected chi connectivity index (χ3v) is 3.67. The molecule has 2 N–H and O–H groups in total. The number of rotatable bonds is 3. The van der Waals surface area contributed by atoms with Crippen LogP contribution in [-0.4, -0.2) is 7.11 Å². The zero-order chi connectivity index (χ0) is 15.6. The lowest BCUT2D eigenvalue weighted by atomic mass is 9.86. The zero-order valence-electron chi connectivity index (χ0n) is 13.0. The normalized spacial score (nSPS) is 13.0. The van der Waals surface area contributed by atoms with Gasteiger partial charge in [-0.15, -0.1) is 0 Å². The Kier molecular flexibility index (Phi) is 4.33. The second-order valence-electron chi connectivity index (χ2n) is 6.24. The van der Waals surface area contributed by atoms with Crippen LogP contribution in [0.1, 0.15) is 43.5 Å². The fourth-order valence-corrected chi connectivity index (χ4v) is 2.25. The molecule has 2 nitrogen and oxygen atoms in total.